The van der Waals surface area contributed by atoms with Gasteiger partial charge in [0.1, 0.15) is 0 Å². The van der Waals surface area contributed by atoms with E-state index in [9.17, 15) is 0 Å². The summed E-state index contributed by atoms with van der Waals surface area (Å²) in [5.41, 5.74) is 2.42. The molecule has 1 nitrogen and oxygen atoms in total. The lowest BCUT2D eigenvalue weighted by Crippen LogP contribution is -1.98. The van der Waals surface area contributed by atoms with Crippen molar-refractivity contribution in [2.75, 3.05) is 0 Å². The van der Waals surface area contributed by atoms with Crippen molar-refractivity contribution in [2.45, 2.75) is 71.1 Å². The molecule has 96 valence electrons. The van der Waals surface area contributed by atoms with Gasteiger partial charge in [-0.3, -0.25) is 0 Å². The molecule has 0 fully saturated rings. The number of H-pyrrole nitrogens is 1. The van der Waals surface area contributed by atoms with Crippen LogP contribution >= 0.6 is 9.24 Å². The minimum absolute atomic E-state index is 1.05. The van der Waals surface area contributed by atoms with Crippen molar-refractivity contribution in [2.24, 2.45) is 0 Å². The lowest BCUT2D eigenvalue weighted by Gasteiger charge is -2.02. The molecule has 0 saturated heterocycles. The van der Waals surface area contributed by atoms with E-state index >= 15 is 0 Å². The molecule has 0 aromatic carbocycles. The number of aromatic amines is 1. The molecular formula is C15H26NP. The summed E-state index contributed by atoms with van der Waals surface area (Å²) in [6.45, 7) is 2.27. The highest BCUT2D eigenvalue weighted by Crippen LogP contribution is 2.11. The van der Waals surface area contributed by atoms with E-state index in [-0.39, 0.29) is 0 Å². The van der Waals surface area contributed by atoms with Crippen LogP contribution in [-0.4, -0.2) is 4.98 Å². The third-order valence-electron chi connectivity index (χ3n) is 3.36. The van der Waals surface area contributed by atoms with Crippen LogP contribution in [0.15, 0.2) is 12.3 Å². The Labute approximate surface area is 109 Å². The summed E-state index contributed by atoms with van der Waals surface area (Å²) in [7, 11) is 4.38. The summed E-state index contributed by atoms with van der Waals surface area (Å²) in [6, 6.07) is 2.15. The molecule has 2 heteroatoms. The van der Waals surface area contributed by atoms with Gasteiger partial charge in [0.15, 0.2) is 0 Å². The van der Waals surface area contributed by atoms with Crippen LogP contribution in [0.5, 0.6) is 0 Å². The van der Waals surface area contributed by atoms with Crippen LogP contribution in [0.25, 0.3) is 0 Å². The summed E-state index contributed by atoms with van der Waals surface area (Å²) in [4.78, 5) is 3.11. The Morgan fingerprint density at radius 2 is 1.53 bits per heavy atom. The molecule has 0 amide bonds. The second kappa shape index (κ2) is 9.71. The predicted octanol–water partition coefficient (Wildman–Crippen LogP) is 5.12. The van der Waals surface area contributed by atoms with Crippen LogP contribution in [0.3, 0.4) is 0 Å². The van der Waals surface area contributed by atoms with E-state index in [0.717, 1.165) is 5.44 Å². The second-order valence-electron chi connectivity index (χ2n) is 4.93. The van der Waals surface area contributed by atoms with Gasteiger partial charge in [-0.1, -0.05) is 58.3 Å². The van der Waals surface area contributed by atoms with Crippen molar-refractivity contribution in [3.8, 4) is 0 Å². The van der Waals surface area contributed by atoms with Gasteiger partial charge in [0.2, 0.25) is 0 Å². The first kappa shape index (κ1) is 14.8. The Kier molecular flexibility index (Phi) is 8.44. The number of aromatic nitrogens is 1. The molecule has 0 unspecified atom stereocenters. The van der Waals surface area contributed by atoms with Crippen molar-refractivity contribution in [3.05, 3.63) is 17.8 Å². The molecule has 1 N–H and O–H groups in total. The number of nitrogens with one attached hydrogen (secondary N) is 1. The third-order valence-corrected chi connectivity index (χ3v) is 3.77. The van der Waals surface area contributed by atoms with Crippen LogP contribution in [0, 0.1) is 0 Å². The van der Waals surface area contributed by atoms with E-state index in [4.69, 9.17) is 0 Å². The lowest BCUT2D eigenvalue weighted by molar-refractivity contribution is 0.565. The molecule has 1 aromatic heterocycles. The topological polar surface area (TPSA) is 15.8 Å². The number of aryl methyl sites for hydroxylation is 1. The SMILES string of the molecule is CCCCCCCCCCCc1cc[nH]c1[P]. The lowest BCUT2D eigenvalue weighted by atomic mass is 10.1. The van der Waals surface area contributed by atoms with Crippen molar-refractivity contribution in [1.82, 2.24) is 4.98 Å². The third kappa shape index (κ3) is 6.88. The maximum atomic E-state index is 4.38. The van der Waals surface area contributed by atoms with Gasteiger partial charge < -0.3 is 4.98 Å². The zero-order chi connectivity index (χ0) is 12.3. The Morgan fingerprint density at radius 1 is 0.941 bits per heavy atom. The van der Waals surface area contributed by atoms with Gasteiger partial charge in [-0.2, -0.15) is 0 Å². The smallest absolute Gasteiger partial charge is 0.0519 e. The van der Waals surface area contributed by atoms with Gasteiger partial charge in [-0.05, 0) is 24.5 Å². The molecular weight excluding hydrogens is 225 g/mol. The summed E-state index contributed by atoms with van der Waals surface area (Å²) in [5, 5.41) is 0. The van der Waals surface area contributed by atoms with Crippen LogP contribution in [0.1, 0.15) is 70.3 Å². The molecule has 17 heavy (non-hydrogen) atoms. The summed E-state index contributed by atoms with van der Waals surface area (Å²) < 4.78 is 0. The predicted molar refractivity (Wildman–Crippen MR) is 78.3 cm³/mol. The summed E-state index contributed by atoms with van der Waals surface area (Å²) in [6.07, 6.45) is 15.7. The molecule has 1 rings (SSSR count). The molecule has 0 aliphatic heterocycles. The number of rotatable bonds is 10. The summed E-state index contributed by atoms with van der Waals surface area (Å²) in [5.74, 6) is 0. The standard InChI is InChI=1S/C15H26NP/c1-2-3-4-5-6-7-8-9-10-11-14-12-13-16-15(14)17/h12-13,16H,2-11H2,1H3. The highest BCUT2D eigenvalue weighted by molar-refractivity contribution is 7.27. The van der Waals surface area contributed by atoms with Gasteiger partial charge >= 0.3 is 0 Å². The number of unbranched alkanes of at least 4 members (excludes halogenated alkanes) is 8. The normalized spacial score (nSPS) is 10.9. The van der Waals surface area contributed by atoms with Crippen LogP contribution in [0.4, 0.5) is 0 Å². The van der Waals surface area contributed by atoms with E-state index in [2.05, 4.69) is 27.2 Å². The van der Waals surface area contributed by atoms with Gasteiger partial charge in [0.05, 0.1) is 5.44 Å². The van der Waals surface area contributed by atoms with Crippen LogP contribution in [0.2, 0.25) is 0 Å². The fourth-order valence-electron chi connectivity index (χ4n) is 2.22. The van der Waals surface area contributed by atoms with E-state index in [0.29, 0.717) is 0 Å². The average Bonchev–Trinajstić information content (AvgIpc) is 2.73. The van der Waals surface area contributed by atoms with Gasteiger partial charge in [-0.15, -0.1) is 0 Å². The summed E-state index contributed by atoms with van der Waals surface area (Å²) >= 11 is 0. The van der Waals surface area contributed by atoms with E-state index < -0.39 is 0 Å². The van der Waals surface area contributed by atoms with Crippen LogP contribution in [-0.2, 0) is 6.42 Å². The Morgan fingerprint density at radius 3 is 2.06 bits per heavy atom. The first-order valence-electron chi connectivity index (χ1n) is 7.19. The van der Waals surface area contributed by atoms with E-state index in [1.807, 2.05) is 6.20 Å². The fraction of sp³-hybridized carbons (Fsp3) is 0.733. The Balaban J connectivity index is 1.86. The average molecular weight is 251 g/mol. The molecule has 0 aliphatic carbocycles. The molecule has 0 aliphatic rings. The van der Waals surface area contributed by atoms with E-state index in [1.54, 1.807) is 0 Å². The Hall–Kier alpha value is -0.290. The number of hydrogen-bond acceptors (Lipinski definition) is 0. The fourth-order valence-corrected chi connectivity index (χ4v) is 2.48. The molecule has 0 spiro atoms. The Bertz CT molecular complexity index is 280. The first-order chi connectivity index (χ1) is 8.34. The molecule has 0 atom stereocenters. The van der Waals surface area contributed by atoms with Gasteiger partial charge in [0, 0.05) is 15.4 Å². The van der Waals surface area contributed by atoms with Crippen molar-refractivity contribution < 1.29 is 0 Å². The maximum Gasteiger partial charge on any atom is 0.0519 e. The monoisotopic (exact) mass is 251 g/mol. The van der Waals surface area contributed by atoms with Crippen LogP contribution < -0.4 is 5.44 Å². The minimum Gasteiger partial charge on any atom is -0.361 e. The molecule has 0 bridgehead atoms. The second-order valence-corrected chi connectivity index (χ2v) is 5.38. The molecule has 1 heterocycles. The highest BCUT2D eigenvalue weighted by atomic mass is 31.0. The van der Waals surface area contributed by atoms with E-state index in [1.165, 1.54) is 69.8 Å². The maximum absolute atomic E-state index is 4.38. The molecule has 1 aromatic rings. The van der Waals surface area contributed by atoms with Gasteiger partial charge in [0.25, 0.3) is 0 Å². The van der Waals surface area contributed by atoms with Crippen molar-refractivity contribution >= 4 is 14.7 Å². The van der Waals surface area contributed by atoms with Gasteiger partial charge in [-0.25, -0.2) is 0 Å². The first-order valence-corrected chi connectivity index (χ1v) is 7.64. The highest BCUT2D eigenvalue weighted by Gasteiger charge is 1.99. The minimum atomic E-state index is 1.05. The zero-order valence-corrected chi connectivity index (χ0v) is 12.1. The molecule has 2 radical (unpaired) electrons. The zero-order valence-electron chi connectivity index (χ0n) is 11.2. The van der Waals surface area contributed by atoms with Crippen molar-refractivity contribution in [1.29, 1.82) is 0 Å². The molecule has 0 saturated carbocycles. The van der Waals surface area contributed by atoms with Crippen molar-refractivity contribution in [3.63, 3.8) is 0 Å². The number of hydrogen-bond donors (Lipinski definition) is 1. The largest absolute Gasteiger partial charge is 0.361 e. The quantitative estimate of drug-likeness (QED) is 0.438.